The molecule has 0 aliphatic heterocycles. The molecule has 0 saturated carbocycles. The number of hydrogen-bond acceptors (Lipinski definition) is 3. The van der Waals surface area contributed by atoms with Crippen molar-refractivity contribution in [2.45, 2.75) is 0 Å². The monoisotopic (exact) mass is 480 g/mol. The van der Waals surface area contributed by atoms with Crippen LogP contribution in [0.15, 0.2) is 122 Å². The van der Waals surface area contributed by atoms with E-state index in [0.29, 0.717) is 0 Å². The number of nitrogens with zero attached hydrogens (tertiary/aromatic N) is 7. The predicted molar refractivity (Wildman–Crippen MR) is 145 cm³/mol. The van der Waals surface area contributed by atoms with Crippen LogP contribution in [-0.4, -0.2) is 40.1 Å². The number of benzene rings is 4. The predicted octanol–water partition coefficient (Wildman–Crippen LogP) is 4.43. The van der Waals surface area contributed by atoms with E-state index in [0.717, 1.165) is 44.1 Å². The van der Waals surface area contributed by atoms with Crippen molar-refractivity contribution in [3.05, 3.63) is 122 Å². The summed E-state index contributed by atoms with van der Waals surface area (Å²) in [6, 6.07) is 33.1. The second-order valence-electron chi connectivity index (χ2n) is 9.31. The summed E-state index contributed by atoms with van der Waals surface area (Å²) in [7, 11) is 0. The van der Waals surface area contributed by atoms with Gasteiger partial charge in [0.2, 0.25) is 0 Å². The third kappa shape index (κ3) is 2.62. The van der Waals surface area contributed by atoms with E-state index in [-0.39, 0.29) is 0 Å². The summed E-state index contributed by atoms with van der Waals surface area (Å²) in [4.78, 5) is 18.0. The van der Waals surface area contributed by atoms with Gasteiger partial charge in [-0.25, -0.2) is 19.9 Å². The Balaban J connectivity index is 1.65. The molecule has 8 nitrogen and oxygen atoms in total. The van der Waals surface area contributed by atoms with Crippen molar-refractivity contribution < 1.29 is 4.48 Å². The Hall–Kier alpha value is -5.18. The molecule has 0 amide bonds. The van der Waals surface area contributed by atoms with Gasteiger partial charge in [0.25, 0.3) is 0 Å². The minimum absolute atomic E-state index is 0.919. The van der Waals surface area contributed by atoms with Gasteiger partial charge in [-0.3, -0.25) is 0 Å². The van der Waals surface area contributed by atoms with Gasteiger partial charge in [0, 0.05) is 16.6 Å². The van der Waals surface area contributed by atoms with Crippen LogP contribution in [0, 0.1) is 0 Å². The molecule has 37 heavy (non-hydrogen) atoms. The molecule has 4 heterocycles. The van der Waals surface area contributed by atoms with E-state index in [9.17, 15) is 0 Å². The molecular weight excluding hydrogens is 459 g/mol. The van der Waals surface area contributed by atoms with E-state index in [1.807, 2.05) is 67.8 Å². The zero-order chi connectivity index (χ0) is 24.4. The lowest BCUT2D eigenvalue weighted by atomic mass is 9.70. The Morgan fingerprint density at radius 2 is 0.973 bits per heavy atom. The number of aromatic nitrogens is 8. The Morgan fingerprint density at radius 1 is 0.541 bits per heavy atom. The Kier molecular flexibility index (Phi) is 4.02. The summed E-state index contributed by atoms with van der Waals surface area (Å²) in [5.41, 5.74) is 7.87. The number of para-hydroxylation sites is 8. The molecule has 0 fully saturated rings. The van der Waals surface area contributed by atoms with Gasteiger partial charge in [-0.1, -0.05) is 48.5 Å². The molecule has 8 aromatic rings. The van der Waals surface area contributed by atoms with Crippen LogP contribution in [0.3, 0.4) is 0 Å². The molecule has 0 bridgehead atoms. The number of H-pyrrole nitrogens is 1. The van der Waals surface area contributed by atoms with Crippen molar-refractivity contribution in [1.82, 2.24) is 33.4 Å². The van der Waals surface area contributed by atoms with Crippen LogP contribution in [0.4, 0.5) is 0 Å². The molecule has 1 N–H and O–H groups in total. The summed E-state index contributed by atoms with van der Waals surface area (Å²) in [6.45, 7) is -2.06. The van der Waals surface area contributed by atoms with Gasteiger partial charge >= 0.3 is 6.69 Å². The van der Waals surface area contributed by atoms with Crippen molar-refractivity contribution in [2.75, 3.05) is 0 Å². The number of aromatic amines is 1. The minimum Gasteiger partial charge on any atom is -0.426 e. The highest BCUT2D eigenvalue weighted by Gasteiger charge is 2.45. The van der Waals surface area contributed by atoms with Crippen LogP contribution in [0.1, 0.15) is 0 Å². The van der Waals surface area contributed by atoms with Crippen molar-refractivity contribution in [3.8, 4) is 0 Å². The first-order chi connectivity index (χ1) is 18.4. The standard InChI is InChI=1S/C28H21BN8/c1-5-13-25-21(9-1)30-17-34(25)29(35-18-31-22-10-2-6-14-26(22)35,36-19-32-23-11-3-7-15-27(23)36)37-20-33-24-12-4-8-16-28(24)37/h1-20,30H. The molecule has 0 unspecified atom stereocenters. The molecule has 8 rings (SSSR count). The first-order valence-electron chi connectivity index (χ1n) is 12.3. The fraction of sp³-hybridized carbons (Fsp3) is 0. The first kappa shape index (κ1) is 20.1. The average Bonchev–Trinajstić information content (AvgIpc) is 3.75. The normalized spacial score (nSPS) is 12.3. The maximum Gasteiger partial charge on any atom is 0.507 e. The lowest BCUT2D eigenvalue weighted by Gasteiger charge is -2.42. The second-order valence-corrected chi connectivity index (χ2v) is 9.31. The van der Waals surface area contributed by atoms with Crippen LogP contribution in [0.25, 0.3) is 44.1 Å². The zero-order valence-corrected chi connectivity index (χ0v) is 19.8. The molecule has 4 aromatic carbocycles. The molecule has 4 aromatic heterocycles. The van der Waals surface area contributed by atoms with Crippen molar-refractivity contribution in [1.29, 1.82) is 0 Å². The van der Waals surface area contributed by atoms with Crippen LogP contribution in [0.2, 0.25) is 0 Å². The lowest BCUT2D eigenvalue weighted by molar-refractivity contribution is -0.526. The third-order valence-corrected chi connectivity index (χ3v) is 7.48. The van der Waals surface area contributed by atoms with E-state index < -0.39 is 6.69 Å². The van der Waals surface area contributed by atoms with E-state index in [4.69, 9.17) is 15.0 Å². The van der Waals surface area contributed by atoms with Crippen LogP contribution < -0.4 is 4.48 Å². The molecule has 0 saturated heterocycles. The SMILES string of the molecule is c1ccc2c(c1)ncn2[B-](n1cnc2ccccc21)(n1cnc2ccccc21)[n+]1c[nH]c2ccccc21. The van der Waals surface area contributed by atoms with Gasteiger partial charge in [0.1, 0.15) is 5.52 Å². The summed E-state index contributed by atoms with van der Waals surface area (Å²) in [5.74, 6) is 0. The van der Waals surface area contributed by atoms with Gasteiger partial charge in [-0.2, -0.15) is 0 Å². The smallest absolute Gasteiger partial charge is 0.426 e. The molecule has 0 spiro atoms. The van der Waals surface area contributed by atoms with Gasteiger partial charge in [-0.15, -0.1) is 0 Å². The third-order valence-electron chi connectivity index (χ3n) is 7.48. The van der Waals surface area contributed by atoms with Crippen LogP contribution in [0.5, 0.6) is 0 Å². The fourth-order valence-corrected chi connectivity index (χ4v) is 5.88. The number of hydrogen-bond donors (Lipinski definition) is 1. The highest BCUT2D eigenvalue weighted by molar-refractivity contribution is 6.69. The highest BCUT2D eigenvalue weighted by Crippen LogP contribution is 2.27. The second kappa shape index (κ2) is 7.41. The quantitative estimate of drug-likeness (QED) is 0.379. The van der Waals surface area contributed by atoms with Crippen molar-refractivity contribution in [2.24, 2.45) is 0 Å². The number of imidazole rings is 4. The summed E-state index contributed by atoms with van der Waals surface area (Å²) in [5, 5.41) is 0. The van der Waals surface area contributed by atoms with Gasteiger partial charge < -0.3 is 17.9 Å². The first-order valence-corrected chi connectivity index (χ1v) is 12.3. The molecule has 0 radical (unpaired) electrons. The topological polar surface area (TPSA) is 73.1 Å². The molecule has 0 aliphatic carbocycles. The van der Waals surface area contributed by atoms with Crippen molar-refractivity contribution in [3.63, 3.8) is 0 Å². The highest BCUT2D eigenvalue weighted by atomic mass is 15.4. The summed E-state index contributed by atoms with van der Waals surface area (Å²) >= 11 is 0. The van der Waals surface area contributed by atoms with E-state index in [1.165, 1.54) is 0 Å². The Bertz CT molecular complexity index is 1780. The van der Waals surface area contributed by atoms with E-state index in [1.54, 1.807) is 0 Å². The van der Waals surface area contributed by atoms with E-state index in [2.05, 4.69) is 77.5 Å². The molecule has 9 heteroatoms. The fourth-order valence-electron chi connectivity index (χ4n) is 5.88. The zero-order valence-electron chi connectivity index (χ0n) is 19.8. The molecule has 0 atom stereocenters. The van der Waals surface area contributed by atoms with Crippen LogP contribution in [-0.2, 0) is 0 Å². The Labute approximate surface area is 211 Å². The molecule has 176 valence electrons. The lowest BCUT2D eigenvalue weighted by Crippen LogP contribution is -2.77. The van der Waals surface area contributed by atoms with Gasteiger partial charge in [-0.05, 0) is 48.5 Å². The Morgan fingerprint density at radius 3 is 1.49 bits per heavy atom. The largest absolute Gasteiger partial charge is 0.507 e. The molecular formula is C28H21BN8. The maximum atomic E-state index is 4.84. The summed E-state index contributed by atoms with van der Waals surface area (Å²) < 4.78 is 9.08. The number of fused-ring (bicyclic) bond motifs is 4. The maximum absolute atomic E-state index is 4.84. The molecule has 0 aliphatic rings. The van der Waals surface area contributed by atoms with Gasteiger partial charge in [0.05, 0.1) is 35.5 Å². The van der Waals surface area contributed by atoms with Crippen LogP contribution >= 0.6 is 0 Å². The number of rotatable bonds is 4. The minimum atomic E-state index is -2.06. The van der Waals surface area contributed by atoms with Gasteiger partial charge in [0.15, 0.2) is 11.8 Å². The van der Waals surface area contributed by atoms with E-state index >= 15 is 0 Å². The number of nitrogens with one attached hydrogen (secondary N) is 1. The average molecular weight is 480 g/mol. The van der Waals surface area contributed by atoms with Crippen molar-refractivity contribution >= 4 is 50.8 Å². The summed E-state index contributed by atoms with van der Waals surface area (Å²) in [6.07, 6.45) is 7.85.